The molecule has 1 fully saturated rings. The molecule has 4 atom stereocenters. The van der Waals surface area contributed by atoms with E-state index in [-0.39, 0.29) is 28.8 Å². The molecule has 4 rings (SSSR count). The van der Waals surface area contributed by atoms with E-state index in [0.29, 0.717) is 0 Å². The molecular weight excluding hydrogens is 420 g/mol. The molecule has 3 aromatic rings. The lowest BCUT2D eigenvalue weighted by Gasteiger charge is -2.18. The number of nitrogens with two attached hydrogens (primary N) is 1. The molecule has 0 aliphatic carbocycles. The Kier molecular flexibility index (Phi) is 5.11. The van der Waals surface area contributed by atoms with Crippen LogP contribution in [0.1, 0.15) is 12.0 Å². The SMILES string of the molecule is Nc1nc2c(nc(N/N=C\c3ccc([N+](=O)[O-])o3)n2[C@@H]2O[C@H](CO)[C@H](O)[C@H]2O)c(=O)[nH]1. The second-order valence-electron chi connectivity index (χ2n) is 6.46. The van der Waals surface area contributed by atoms with E-state index in [1.165, 1.54) is 6.07 Å². The zero-order valence-corrected chi connectivity index (χ0v) is 15.4. The van der Waals surface area contributed by atoms with Crippen LogP contribution in [0.25, 0.3) is 11.2 Å². The molecule has 0 aromatic carbocycles. The van der Waals surface area contributed by atoms with Gasteiger partial charge in [-0.25, -0.2) is 10.4 Å². The van der Waals surface area contributed by atoms with Crippen molar-refractivity contribution in [3.05, 3.63) is 38.4 Å². The zero-order valence-electron chi connectivity index (χ0n) is 15.4. The molecule has 0 amide bonds. The number of ether oxygens (including phenoxy) is 1. The third-order valence-electron chi connectivity index (χ3n) is 4.49. The molecule has 164 valence electrons. The number of nitrogens with one attached hydrogen (secondary N) is 2. The van der Waals surface area contributed by atoms with Crippen LogP contribution in [0.15, 0.2) is 26.4 Å². The fourth-order valence-corrected chi connectivity index (χ4v) is 3.08. The fourth-order valence-electron chi connectivity index (χ4n) is 3.08. The van der Waals surface area contributed by atoms with Crippen LogP contribution in [0.3, 0.4) is 0 Å². The lowest BCUT2D eigenvalue weighted by Crippen LogP contribution is -2.33. The number of nitrogen functional groups attached to an aromatic ring is 1. The number of hydrogen-bond acceptors (Lipinski definition) is 13. The van der Waals surface area contributed by atoms with Crippen molar-refractivity contribution in [3.8, 4) is 0 Å². The summed E-state index contributed by atoms with van der Waals surface area (Å²) in [6, 6.07) is 2.45. The van der Waals surface area contributed by atoms with Crippen molar-refractivity contribution in [2.45, 2.75) is 24.5 Å². The number of anilines is 2. The molecule has 0 spiro atoms. The van der Waals surface area contributed by atoms with Gasteiger partial charge in [0.05, 0.1) is 18.9 Å². The second-order valence-corrected chi connectivity index (χ2v) is 6.46. The monoisotopic (exact) mass is 436 g/mol. The number of fused-ring (bicyclic) bond motifs is 1. The second kappa shape index (κ2) is 7.76. The quantitative estimate of drug-likeness (QED) is 0.143. The molecule has 16 heteroatoms. The summed E-state index contributed by atoms with van der Waals surface area (Å²) in [6.07, 6.45) is -4.22. The third-order valence-corrected chi connectivity index (χ3v) is 4.49. The number of imidazole rings is 1. The molecule has 1 aliphatic rings. The number of hydrogen-bond donors (Lipinski definition) is 6. The predicted octanol–water partition coefficient (Wildman–Crippen LogP) is -1.74. The van der Waals surface area contributed by atoms with E-state index in [9.17, 15) is 30.2 Å². The van der Waals surface area contributed by atoms with Crippen LogP contribution in [0.4, 0.5) is 17.8 Å². The minimum absolute atomic E-state index is 0.0509. The van der Waals surface area contributed by atoms with Gasteiger partial charge in [0.2, 0.25) is 11.9 Å². The molecule has 1 saturated heterocycles. The first kappa shape index (κ1) is 20.4. The number of aliphatic hydroxyl groups is 3. The number of aromatic amines is 1. The minimum atomic E-state index is -1.51. The van der Waals surface area contributed by atoms with Gasteiger partial charge in [-0.15, -0.1) is 0 Å². The number of nitro groups is 1. The molecule has 3 aromatic heterocycles. The Hall–Kier alpha value is -3.86. The van der Waals surface area contributed by atoms with Crippen molar-refractivity contribution in [1.82, 2.24) is 19.5 Å². The molecule has 7 N–H and O–H groups in total. The maximum Gasteiger partial charge on any atom is 0.433 e. The van der Waals surface area contributed by atoms with Crippen LogP contribution in [0, 0.1) is 10.1 Å². The highest BCUT2D eigenvalue weighted by Gasteiger charge is 2.45. The minimum Gasteiger partial charge on any atom is -0.400 e. The first-order valence-electron chi connectivity index (χ1n) is 8.73. The number of hydrazone groups is 1. The number of aromatic nitrogens is 4. The summed E-state index contributed by atoms with van der Waals surface area (Å²) in [5.41, 5.74) is 7.18. The Morgan fingerprint density at radius 2 is 2.16 bits per heavy atom. The fraction of sp³-hybridized carbons (Fsp3) is 0.333. The number of rotatable bonds is 6. The van der Waals surface area contributed by atoms with E-state index in [1.54, 1.807) is 0 Å². The van der Waals surface area contributed by atoms with Gasteiger partial charge in [0.15, 0.2) is 23.2 Å². The molecule has 0 unspecified atom stereocenters. The number of aliphatic hydroxyl groups excluding tert-OH is 3. The standard InChI is InChI=1S/C15H16N8O8/c16-14-19-11-8(12(27)20-14)18-15(21-17-3-5-1-2-7(30-5)23(28)29)22(11)13-10(26)9(25)6(4-24)31-13/h1-3,6,9-10,13,24-26H,4H2,(H,18,21)(H3,16,19,20,27)/b17-3-/t6-,9+,10-,13-/m1/s1. The van der Waals surface area contributed by atoms with Crippen LogP contribution in [0.5, 0.6) is 0 Å². The molecule has 16 nitrogen and oxygen atoms in total. The number of H-pyrrole nitrogens is 1. The van der Waals surface area contributed by atoms with Crippen LogP contribution in [-0.2, 0) is 4.74 Å². The van der Waals surface area contributed by atoms with E-state index in [0.717, 1.165) is 16.8 Å². The molecule has 31 heavy (non-hydrogen) atoms. The molecular formula is C15H16N8O8. The van der Waals surface area contributed by atoms with E-state index >= 15 is 0 Å². The highest BCUT2D eigenvalue weighted by molar-refractivity contribution is 5.78. The average molecular weight is 436 g/mol. The largest absolute Gasteiger partial charge is 0.433 e. The highest BCUT2D eigenvalue weighted by Crippen LogP contribution is 2.33. The Balaban J connectivity index is 1.73. The maximum absolute atomic E-state index is 12.2. The first-order chi connectivity index (χ1) is 14.8. The Morgan fingerprint density at radius 1 is 1.39 bits per heavy atom. The van der Waals surface area contributed by atoms with E-state index in [1.807, 2.05) is 0 Å². The van der Waals surface area contributed by atoms with Crippen LogP contribution < -0.4 is 16.7 Å². The average Bonchev–Trinajstić information content (AvgIpc) is 3.40. The lowest BCUT2D eigenvalue weighted by atomic mass is 10.1. The Labute approximate surface area is 170 Å². The zero-order chi connectivity index (χ0) is 22.3. The molecule has 0 saturated carbocycles. The van der Waals surface area contributed by atoms with Gasteiger partial charge in [-0.05, 0) is 6.07 Å². The smallest absolute Gasteiger partial charge is 0.400 e. The van der Waals surface area contributed by atoms with Crippen molar-refractivity contribution in [2.75, 3.05) is 17.8 Å². The maximum atomic E-state index is 12.2. The van der Waals surface area contributed by atoms with Crippen LogP contribution in [0.2, 0.25) is 0 Å². The van der Waals surface area contributed by atoms with Gasteiger partial charge in [-0.2, -0.15) is 10.1 Å². The van der Waals surface area contributed by atoms with Gasteiger partial charge in [0.25, 0.3) is 5.56 Å². The Bertz CT molecular complexity index is 1220. The van der Waals surface area contributed by atoms with E-state index in [2.05, 4.69) is 25.5 Å². The summed E-state index contributed by atoms with van der Waals surface area (Å²) in [5.74, 6) is -0.796. The molecule has 4 heterocycles. The molecule has 0 radical (unpaired) electrons. The molecule has 0 bridgehead atoms. The van der Waals surface area contributed by atoms with E-state index in [4.69, 9.17) is 14.9 Å². The summed E-state index contributed by atoms with van der Waals surface area (Å²) in [5, 5.41) is 44.3. The third kappa shape index (κ3) is 3.59. The van der Waals surface area contributed by atoms with Gasteiger partial charge in [0.1, 0.15) is 23.2 Å². The summed E-state index contributed by atoms with van der Waals surface area (Å²) >= 11 is 0. The van der Waals surface area contributed by atoms with Crippen molar-refractivity contribution in [1.29, 1.82) is 0 Å². The van der Waals surface area contributed by atoms with Gasteiger partial charge in [0, 0.05) is 0 Å². The van der Waals surface area contributed by atoms with Gasteiger partial charge in [-0.1, -0.05) is 0 Å². The number of furan rings is 1. The summed E-state index contributed by atoms with van der Waals surface area (Å²) < 4.78 is 11.6. The normalized spacial score (nSPS) is 23.7. The van der Waals surface area contributed by atoms with Crippen LogP contribution in [-0.4, -0.2) is 70.9 Å². The highest BCUT2D eigenvalue weighted by atomic mass is 16.6. The van der Waals surface area contributed by atoms with Crippen molar-refractivity contribution >= 4 is 35.2 Å². The van der Waals surface area contributed by atoms with Crippen molar-refractivity contribution in [3.63, 3.8) is 0 Å². The van der Waals surface area contributed by atoms with Gasteiger partial charge in [-0.3, -0.25) is 24.5 Å². The van der Waals surface area contributed by atoms with Crippen molar-refractivity contribution < 1.29 is 29.4 Å². The van der Waals surface area contributed by atoms with Gasteiger partial charge < -0.3 is 30.2 Å². The lowest BCUT2D eigenvalue weighted by molar-refractivity contribution is -0.402. The van der Waals surface area contributed by atoms with E-state index < -0.39 is 47.5 Å². The summed E-state index contributed by atoms with van der Waals surface area (Å²) in [6.45, 7) is -0.574. The first-order valence-corrected chi connectivity index (χ1v) is 8.73. The van der Waals surface area contributed by atoms with Gasteiger partial charge >= 0.3 is 5.88 Å². The summed E-state index contributed by atoms with van der Waals surface area (Å²) in [7, 11) is 0. The number of nitrogens with zero attached hydrogens (tertiary/aromatic N) is 5. The van der Waals surface area contributed by atoms with Crippen molar-refractivity contribution in [2.24, 2.45) is 5.10 Å². The topological polar surface area (TPSA) is 240 Å². The Morgan fingerprint density at radius 3 is 2.81 bits per heavy atom. The van der Waals surface area contributed by atoms with Crippen LogP contribution >= 0.6 is 0 Å². The molecule has 1 aliphatic heterocycles. The summed E-state index contributed by atoms with van der Waals surface area (Å²) in [4.78, 5) is 32.5. The predicted molar refractivity (Wildman–Crippen MR) is 102 cm³/mol.